The molecule has 0 atom stereocenters. The average molecular weight is 345 g/mol. The lowest BCUT2D eigenvalue weighted by atomic mass is 10.1. The largest absolute Gasteiger partial charge is 0.355 e. The van der Waals surface area contributed by atoms with Gasteiger partial charge in [0.05, 0.1) is 11.2 Å². The molecule has 0 bridgehead atoms. The standard InChI is InChI=1S/C22H23N3O/c1-15-11-12-19-18(13-15)20(23-16-7-3-2-4-8-16)14-21(25-19)22(26)24-17-9-5-6-10-17/h2-4,7-8,11-14,17H,5-6,9-10H2,1H3,(H,23,25)(H,24,26). The minimum absolute atomic E-state index is 0.0875. The molecule has 0 spiro atoms. The van der Waals surface area contributed by atoms with Crippen LogP contribution in [0.2, 0.25) is 0 Å². The number of pyridine rings is 1. The number of rotatable bonds is 4. The fraction of sp³-hybridized carbons (Fsp3) is 0.273. The lowest BCUT2D eigenvalue weighted by Crippen LogP contribution is -2.33. The van der Waals surface area contributed by atoms with E-state index in [9.17, 15) is 4.79 Å². The van der Waals surface area contributed by atoms with Crippen molar-refractivity contribution in [2.75, 3.05) is 5.32 Å². The maximum Gasteiger partial charge on any atom is 0.270 e. The SMILES string of the molecule is Cc1ccc2nc(C(=O)NC3CCCC3)cc(Nc3ccccc3)c2c1. The first-order valence-corrected chi connectivity index (χ1v) is 9.23. The van der Waals surface area contributed by atoms with Crippen LogP contribution in [-0.2, 0) is 0 Å². The second-order valence-electron chi connectivity index (χ2n) is 7.02. The minimum Gasteiger partial charge on any atom is -0.355 e. The molecule has 2 N–H and O–H groups in total. The molecule has 132 valence electrons. The molecule has 0 aliphatic heterocycles. The van der Waals surface area contributed by atoms with Crippen LogP contribution in [0.3, 0.4) is 0 Å². The predicted octanol–water partition coefficient (Wildman–Crippen LogP) is 4.96. The van der Waals surface area contributed by atoms with Gasteiger partial charge in [0.25, 0.3) is 5.91 Å². The third-order valence-electron chi connectivity index (χ3n) is 4.94. The highest BCUT2D eigenvalue weighted by Crippen LogP contribution is 2.28. The Morgan fingerprint density at radius 3 is 2.58 bits per heavy atom. The van der Waals surface area contributed by atoms with Crippen LogP contribution < -0.4 is 10.6 Å². The zero-order valence-electron chi connectivity index (χ0n) is 15.0. The van der Waals surface area contributed by atoms with E-state index in [0.717, 1.165) is 35.1 Å². The number of aryl methyl sites for hydroxylation is 1. The average Bonchev–Trinajstić information content (AvgIpc) is 3.16. The van der Waals surface area contributed by atoms with Crippen LogP contribution >= 0.6 is 0 Å². The molecule has 1 aliphatic rings. The molecule has 1 aromatic heterocycles. The van der Waals surface area contributed by atoms with E-state index in [0.29, 0.717) is 5.69 Å². The van der Waals surface area contributed by atoms with E-state index >= 15 is 0 Å². The van der Waals surface area contributed by atoms with E-state index in [1.165, 1.54) is 18.4 Å². The number of benzene rings is 2. The number of anilines is 2. The van der Waals surface area contributed by atoms with E-state index in [4.69, 9.17) is 0 Å². The van der Waals surface area contributed by atoms with Crippen molar-refractivity contribution < 1.29 is 4.79 Å². The highest BCUT2D eigenvalue weighted by Gasteiger charge is 2.19. The molecule has 0 radical (unpaired) electrons. The zero-order chi connectivity index (χ0) is 17.9. The van der Waals surface area contributed by atoms with Crippen molar-refractivity contribution in [1.82, 2.24) is 10.3 Å². The zero-order valence-corrected chi connectivity index (χ0v) is 15.0. The monoisotopic (exact) mass is 345 g/mol. The number of para-hydroxylation sites is 1. The molecule has 26 heavy (non-hydrogen) atoms. The van der Waals surface area contributed by atoms with E-state index in [-0.39, 0.29) is 11.9 Å². The Balaban J connectivity index is 1.72. The molecule has 4 nitrogen and oxygen atoms in total. The maximum absolute atomic E-state index is 12.7. The molecule has 2 aromatic carbocycles. The van der Waals surface area contributed by atoms with Gasteiger partial charge in [-0.25, -0.2) is 4.98 Å². The first kappa shape index (κ1) is 16.6. The smallest absolute Gasteiger partial charge is 0.270 e. The summed E-state index contributed by atoms with van der Waals surface area (Å²) in [4.78, 5) is 17.3. The van der Waals surface area contributed by atoms with Gasteiger partial charge in [-0.2, -0.15) is 0 Å². The Hall–Kier alpha value is -2.88. The van der Waals surface area contributed by atoms with E-state index in [1.54, 1.807) is 0 Å². The fourth-order valence-electron chi connectivity index (χ4n) is 3.57. The number of hydrogen-bond acceptors (Lipinski definition) is 3. The summed E-state index contributed by atoms with van der Waals surface area (Å²) in [5.74, 6) is -0.0875. The number of fused-ring (bicyclic) bond motifs is 1. The highest BCUT2D eigenvalue weighted by molar-refractivity contribution is 6.00. The maximum atomic E-state index is 12.7. The molecule has 4 heteroatoms. The van der Waals surface area contributed by atoms with Gasteiger partial charge in [-0.15, -0.1) is 0 Å². The molecule has 3 aromatic rings. The van der Waals surface area contributed by atoms with Crippen LogP contribution in [0.15, 0.2) is 54.6 Å². The molecule has 1 aliphatic carbocycles. The Bertz CT molecular complexity index is 931. The Morgan fingerprint density at radius 1 is 1.04 bits per heavy atom. The van der Waals surface area contributed by atoms with Crippen LogP contribution in [0, 0.1) is 6.92 Å². The van der Waals surface area contributed by atoms with Gasteiger partial charge < -0.3 is 10.6 Å². The van der Waals surface area contributed by atoms with Gasteiger partial charge in [0, 0.05) is 17.1 Å². The van der Waals surface area contributed by atoms with Gasteiger partial charge in [-0.3, -0.25) is 4.79 Å². The molecule has 4 rings (SSSR count). The molecule has 0 saturated heterocycles. The van der Waals surface area contributed by atoms with Crippen molar-refractivity contribution in [2.45, 2.75) is 38.6 Å². The first-order valence-electron chi connectivity index (χ1n) is 9.23. The van der Waals surface area contributed by atoms with Gasteiger partial charge in [0.2, 0.25) is 0 Å². The number of carbonyl (C=O) groups is 1. The lowest BCUT2D eigenvalue weighted by molar-refractivity contribution is 0.0933. The summed E-state index contributed by atoms with van der Waals surface area (Å²) in [7, 11) is 0. The van der Waals surface area contributed by atoms with Crippen LogP contribution in [-0.4, -0.2) is 16.9 Å². The van der Waals surface area contributed by atoms with Crippen LogP contribution in [0.4, 0.5) is 11.4 Å². The summed E-state index contributed by atoms with van der Waals surface area (Å²) in [6.45, 7) is 2.06. The van der Waals surface area contributed by atoms with Crippen LogP contribution in [0.25, 0.3) is 10.9 Å². The number of aromatic nitrogens is 1. The van der Waals surface area contributed by atoms with Crippen molar-refractivity contribution in [2.24, 2.45) is 0 Å². The number of amides is 1. The molecule has 1 fully saturated rings. The molecule has 0 unspecified atom stereocenters. The minimum atomic E-state index is -0.0875. The molecule has 1 amide bonds. The van der Waals surface area contributed by atoms with Crippen molar-refractivity contribution in [3.8, 4) is 0 Å². The highest BCUT2D eigenvalue weighted by atomic mass is 16.1. The molecular weight excluding hydrogens is 322 g/mol. The fourth-order valence-corrected chi connectivity index (χ4v) is 3.57. The summed E-state index contributed by atoms with van der Waals surface area (Å²) in [5, 5.41) is 7.60. The van der Waals surface area contributed by atoms with Crippen molar-refractivity contribution in [1.29, 1.82) is 0 Å². The number of carbonyl (C=O) groups excluding carboxylic acids is 1. The third-order valence-corrected chi connectivity index (χ3v) is 4.94. The van der Waals surface area contributed by atoms with Gasteiger partial charge in [-0.05, 0) is 50.1 Å². The topological polar surface area (TPSA) is 54.0 Å². The van der Waals surface area contributed by atoms with Crippen molar-refractivity contribution >= 4 is 28.2 Å². The Kier molecular flexibility index (Phi) is 4.57. The summed E-state index contributed by atoms with van der Waals surface area (Å²) in [5.41, 5.74) is 4.35. The molecule has 1 heterocycles. The molecular formula is C22H23N3O. The first-order chi connectivity index (χ1) is 12.7. The van der Waals surface area contributed by atoms with E-state index in [1.807, 2.05) is 48.5 Å². The van der Waals surface area contributed by atoms with Gasteiger partial charge in [0.1, 0.15) is 5.69 Å². The van der Waals surface area contributed by atoms with Crippen LogP contribution in [0.1, 0.15) is 41.7 Å². The Labute approximate surface area is 153 Å². The van der Waals surface area contributed by atoms with Crippen LogP contribution in [0.5, 0.6) is 0 Å². The lowest BCUT2D eigenvalue weighted by Gasteiger charge is -2.15. The van der Waals surface area contributed by atoms with Crippen molar-refractivity contribution in [3.05, 3.63) is 65.9 Å². The summed E-state index contributed by atoms with van der Waals surface area (Å²) < 4.78 is 0. The summed E-state index contributed by atoms with van der Waals surface area (Å²) >= 11 is 0. The number of hydrogen-bond donors (Lipinski definition) is 2. The van der Waals surface area contributed by atoms with Crippen molar-refractivity contribution in [3.63, 3.8) is 0 Å². The summed E-state index contributed by atoms with van der Waals surface area (Å²) in [6.07, 6.45) is 4.51. The van der Waals surface area contributed by atoms with Gasteiger partial charge in [0.15, 0.2) is 0 Å². The third kappa shape index (κ3) is 3.54. The second-order valence-corrected chi connectivity index (χ2v) is 7.02. The van der Waals surface area contributed by atoms with E-state index < -0.39 is 0 Å². The quantitative estimate of drug-likeness (QED) is 0.703. The summed E-state index contributed by atoms with van der Waals surface area (Å²) in [6, 6.07) is 18.2. The van der Waals surface area contributed by atoms with Gasteiger partial charge in [-0.1, -0.05) is 42.7 Å². The second kappa shape index (κ2) is 7.16. The normalized spacial score (nSPS) is 14.5. The van der Waals surface area contributed by atoms with Gasteiger partial charge >= 0.3 is 0 Å². The number of nitrogens with zero attached hydrogens (tertiary/aromatic N) is 1. The number of nitrogens with one attached hydrogen (secondary N) is 2. The predicted molar refractivity (Wildman–Crippen MR) is 106 cm³/mol. The molecule has 1 saturated carbocycles. The van der Waals surface area contributed by atoms with E-state index in [2.05, 4.69) is 28.6 Å². The Morgan fingerprint density at radius 2 is 1.81 bits per heavy atom.